The molecule has 2 fully saturated rings. The highest BCUT2D eigenvalue weighted by Gasteiger charge is 2.29. The van der Waals surface area contributed by atoms with E-state index in [4.69, 9.17) is 15.6 Å². The molecule has 0 spiro atoms. The van der Waals surface area contributed by atoms with Crippen molar-refractivity contribution in [1.29, 1.82) is 0 Å². The lowest BCUT2D eigenvalue weighted by molar-refractivity contribution is -0.137. The topological polar surface area (TPSA) is 110 Å². The number of aliphatic hydroxyl groups excluding tert-OH is 1. The molecule has 38 heavy (non-hydrogen) atoms. The molecule has 1 aromatic carbocycles. The highest BCUT2D eigenvalue weighted by Crippen LogP contribution is 2.28. The highest BCUT2D eigenvalue weighted by atomic mass is 19.4. The van der Waals surface area contributed by atoms with Crippen molar-refractivity contribution in [3.05, 3.63) is 54.5 Å². The van der Waals surface area contributed by atoms with E-state index in [-0.39, 0.29) is 5.91 Å². The normalized spacial score (nSPS) is 16.8. The number of fused-ring (bicyclic) bond motifs is 1. The average Bonchev–Trinajstić information content (AvgIpc) is 3.34. The van der Waals surface area contributed by atoms with Gasteiger partial charge in [-0.1, -0.05) is 30.3 Å². The lowest BCUT2D eigenvalue weighted by Crippen LogP contribution is -2.40. The first-order valence-electron chi connectivity index (χ1n) is 12.5. The fourth-order valence-corrected chi connectivity index (χ4v) is 4.62. The predicted molar refractivity (Wildman–Crippen MR) is 139 cm³/mol. The van der Waals surface area contributed by atoms with Crippen LogP contribution in [0.25, 0.3) is 11.0 Å². The van der Waals surface area contributed by atoms with Crippen molar-refractivity contribution in [2.75, 3.05) is 57.9 Å². The number of carbonyl (C=O) groups excluding carboxylic acids is 1. The molecule has 0 radical (unpaired) electrons. The Hall–Kier alpha value is -3.22. The predicted octanol–water partition coefficient (Wildman–Crippen LogP) is 2.78. The monoisotopic (exact) mass is 536 g/mol. The Morgan fingerprint density at radius 1 is 1.05 bits per heavy atom. The fourth-order valence-electron chi connectivity index (χ4n) is 4.62. The summed E-state index contributed by atoms with van der Waals surface area (Å²) in [6.07, 6.45) is 1.74. The molecule has 0 bridgehead atoms. The molecule has 208 valence electrons. The molecule has 9 nitrogen and oxygen atoms in total. The second kappa shape index (κ2) is 14.1. The zero-order valence-corrected chi connectivity index (χ0v) is 21.5. The number of nitrogens with two attached hydrogens (primary N) is 1. The van der Waals surface area contributed by atoms with Crippen LogP contribution >= 0.6 is 0 Å². The molecule has 5 rings (SSSR count). The maximum atomic E-state index is 11.8. The molecule has 0 saturated carbocycles. The average molecular weight is 537 g/mol. The van der Waals surface area contributed by atoms with Crippen molar-refractivity contribution in [3.63, 3.8) is 0 Å². The summed E-state index contributed by atoms with van der Waals surface area (Å²) in [7, 11) is 1.00. The maximum absolute atomic E-state index is 11.8. The first kappa shape index (κ1) is 29.3. The number of amides is 1. The molecule has 3 N–H and O–H groups in total. The number of aliphatic hydroxyl groups is 1. The Labute approximate surface area is 220 Å². The summed E-state index contributed by atoms with van der Waals surface area (Å²) in [6, 6.07) is 8.49. The summed E-state index contributed by atoms with van der Waals surface area (Å²) in [5.41, 5.74) is 5.69. The molecule has 0 aliphatic carbocycles. The zero-order chi connectivity index (χ0) is 27.5. The number of anilines is 1. The van der Waals surface area contributed by atoms with Gasteiger partial charge in [0.2, 0.25) is 5.91 Å². The smallest absolute Gasteiger partial charge is 0.400 e. The molecule has 0 unspecified atom stereocenters. The van der Waals surface area contributed by atoms with E-state index in [1.54, 1.807) is 12.4 Å². The van der Waals surface area contributed by atoms with Crippen LogP contribution in [0.3, 0.4) is 0 Å². The standard InChI is InChI=1S/C18H26N6O2.C7H5F3.CH4O/c19-16(25)12-22-4-1-14(2-5-22)11-24-6-3-15-17(20-13-21-18(15)24)23-7-9-26-10-8-23;8-7(9,10)6-4-2-1-3-5-6;1-2/h3,6,13-14H,1-2,4-5,7-12H2,(H2,19,25);1-5H;2H,1H3. The van der Waals surface area contributed by atoms with Crippen molar-refractivity contribution in [1.82, 2.24) is 19.4 Å². The van der Waals surface area contributed by atoms with Gasteiger partial charge in [0.25, 0.3) is 0 Å². The lowest BCUT2D eigenvalue weighted by Gasteiger charge is -2.31. The van der Waals surface area contributed by atoms with Crippen molar-refractivity contribution < 1.29 is 27.8 Å². The zero-order valence-electron chi connectivity index (χ0n) is 21.5. The van der Waals surface area contributed by atoms with Crippen molar-refractivity contribution in [3.8, 4) is 0 Å². The van der Waals surface area contributed by atoms with Gasteiger partial charge in [-0.2, -0.15) is 13.2 Å². The summed E-state index contributed by atoms with van der Waals surface area (Å²) in [5.74, 6) is 1.36. The Morgan fingerprint density at radius 2 is 1.71 bits per heavy atom. The molecule has 0 atom stereocenters. The number of hydrogen-bond acceptors (Lipinski definition) is 7. The largest absolute Gasteiger partial charge is 0.416 e. The van der Waals surface area contributed by atoms with Gasteiger partial charge in [-0.15, -0.1) is 0 Å². The van der Waals surface area contributed by atoms with Crippen LogP contribution in [-0.4, -0.2) is 83.5 Å². The third kappa shape index (κ3) is 8.14. The number of ether oxygens (including phenoxy) is 1. The van der Waals surface area contributed by atoms with E-state index in [0.717, 1.165) is 94.9 Å². The number of carbonyl (C=O) groups is 1. The number of likely N-dealkylation sites (tertiary alicyclic amines) is 1. The van der Waals surface area contributed by atoms with Crippen LogP contribution in [-0.2, 0) is 22.3 Å². The van der Waals surface area contributed by atoms with Crippen LogP contribution in [0.15, 0.2) is 48.9 Å². The number of primary amides is 1. The summed E-state index contributed by atoms with van der Waals surface area (Å²) in [6.45, 7) is 6.42. The second-order valence-electron chi connectivity index (χ2n) is 9.05. The minimum atomic E-state index is -4.21. The van der Waals surface area contributed by atoms with E-state index in [1.165, 1.54) is 12.1 Å². The molecule has 12 heteroatoms. The summed E-state index contributed by atoms with van der Waals surface area (Å²) >= 11 is 0. The lowest BCUT2D eigenvalue weighted by atomic mass is 9.96. The number of rotatable bonds is 5. The minimum absolute atomic E-state index is 0.243. The number of nitrogens with zero attached hydrogens (tertiary/aromatic N) is 5. The molecule has 4 heterocycles. The second-order valence-corrected chi connectivity index (χ2v) is 9.05. The minimum Gasteiger partial charge on any atom is -0.400 e. The number of morpholine rings is 1. The van der Waals surface area contributed by atoms with E-state index in [9.17, 15) is 18.0 Å². The van der Waals surface area contributed by atoms with Crippen molar-refractivity contribution in [2.45, 2.75) is 25.6 Å². The number of halogens is 3. The maximum Gasteiger partial charge on any atom is 0.416 e. The van der Waals surface area contributed by atoms with Gasteiger partial charge >= 0.3 is 6.18 Å². The van der Waals surface area contributed by atoms with E-state index in [1.807, 2.05) is 0 Å². The first-order chi connectivity index (χ1) is 18.3. The molecule has 2 aromatic heterocycles. The Balaban J connectivity index is 0.000000280. The third-order valence-corrected chi connectivity index (χ3v) is 6.49. The third-order valence-electron chi connectivity index (χ3n) is 6.49. The molecule has 3 aromatic rings. The van der Waals surface area contributed by atoms with E-state index < -0.39 is 11.7 Å². The van der Waals surface area contributed by atoms with Crippen LogP contribution in [0.1, 0.15) is 18.4 Å². The Morgan fingerprint density at radius 3 is 2.29 bits per heavy atom. The summed E-state index contributed by atoms with van der Waals surface area (Å²) in [4.78, 5) is 24.5. The number of benzene rings is 1. The molecule has 1 amide bonds. The summed E-state index contributed by atoms with van der Waals surface area (Å²) < 4.78 is 43.1. The van der Waals surface area contributed by atoms with Crippen LogP contribution in [0, 0.1) is 5.92 Å². The van der Waals surface area contributed by atoms with Crippen LogP contribution in [0.5, 0.6) is 0 Å². The Kier molecular flexibility index (Phi) is 10.9. The molecule has 2 saturated heterocycles. The highest BCUT2D eigenvalue weighted by molar-refractivity contribution is 5.87. The van der Waals surface area contributed by atoms with Crippen LogP contribution < -0.4 is 10.6 Å². The van der Waals surface area contributed by atoms with Crippen molar-refractivity contribution >= 4 is 22.8 Å². The van der Waals surface area contributed by atoms with Gasteiger partial charge < -0.3 is 25.0 Å². The van der Waals surface area contributed by atoms with Crippen LogP contribution in [0.4, 0.5) is 19.0 Å². The van der Waals surface area contributed by atoms with Gasteiger partial charge in [0, 0.05) is 32.9 Å². The molecule has 2 aliphatic heterocycles. The molecular weight excluding hydrogens is 501 g/mol. The Bertz CT molecular complexity index is 1130. The van der Waals surface area contributed by atoms with Gasteiger partial charge in [-0.3, -0.25) is 9.69 Å². The van der Waals surface area contributed by atoms with Gasteiger partial charge in [0.1, 0.15) is 17.8 Å². The van der Waals surface area contributed by atoms with Gasteiger partial charge in [-0.25, -0.2) is 9.97 Å². The van der Waals surface area contributed by atoms with E-state index >= 15 is 0 Å². The van der Waals surface area contributed by atoms with E-state index in [0.29, 0.717) is 12.5 Å². The number of aromatic nitrogens is 3. The number of alkyl halides is 3. The molecule has 2 aliphatic rings. The van der Waals surface area contributed by atoms with Gasteiger partial charge in [-0.05, 0) is 37.9 Å². The van der Waals surface area contributed by atoms with E-state index in [2.05, 4.69) is 36.6 Å². The van der Waals surface area contributed by atoms with Crippen LogP contribution in [0.2, 0.25) is 0 Å². The quantitative estimate of drug-likeness (QED) is 0.516. The summed E-state index contributed by atoms with van der Waals surface area (Å²) in [5, 5.41) is 8.11. The van der Waals surface area contributed by atoms with Gasteiger partial charge in [0.15, 0.2) is 0 Å². The van der Waals surface area contributed by atoms with Gasteiger partial charge in [0.05, 0.1) is 30.7 Å². The fraction of sp³-hybridized carbons (Fsp3) is 0.500. The SMILES string of the molecule is CO.FC(F)(F)c1ccccc1.NC(=O)CN1CCC(Cn2ccc3c(N4CCOCC4)ncnc32)CC1. The van der Waals surface area contributed by atoms with Crippen molar-refractivity contribution in [2.24, 2.45) is 11.7 Å². The molecular formula is C26H35F3N6O3. The first-order valence-corrected chi connectivity index (χ1v) is 12.5. The number of piperidine rings is 1. The number of hydrogen-bond donors (Lipinski definition) is 2.